The Balaban J connectivity index is 0.000000181. The lowest BCUT2D eigenvalue weighted by Crippen LogP contribution is -2.10. The lowest BCUT2D eigenvalue weighted by Gasteiger charge is -2.11. The molecule has 3 aromatic heterocycles. The molecule has 13 heteroatoms. The summed E-state index contributed by atoms with van der Waals surface area (Å²) in [4.78, 5) is 27.3. The molecular weight excluding hydrogens is 789 g/mol. The predicted octanol–water partition coefficient (Wildman–Crippen LogP) is 9.58. The van der Waals surface area contributed by atoms with Gasteiger partial charge in [0.2, 0.25) is 5.88 Å². The van der Waals surface area contributed by atoms with Gasteiger partial charge in [0, 0.05) is 64.1 Å². The van der Waals surface area contributed by atoms with Crippen LogP contribution in [0.5, 0.6) is 11.6 Å². The number of carboxylic acids is 2. The molecule has 0 saturated heterocycles. The average molecular weight is 830 g/mol. The second-order valence-electron chi connectivity index (χ2n) is 14.7. The minimum absolute atomic E-state index is 0.187. The van der Waals surface area contributed by atoms with Crippen LogP contribution in [0.4, 0.5) is 8.78 Å². The van der Waals surface area contributed by atoms with E-state index in [2.05, 4.69) is 4.98 Å². The second-order valence-corrected chi connectivity index (χ2v) is 16.7. The van der Waals surface area contributed by atoms with Crippen LogP contribution in [0.2, 0.25) is 0 Å². The standard InChI is InChI=1S/C24H21FN2O3.C23H20FNO4S/c1-15-5-8-19(9-6-15)30-24-17(4-3-11-26-24)12-20-16(2)27(14-23(28)29)22-10-7-18(25)13-21(20)22;1-14-19(20-12-18(24)7-8-21(20)25(14)13-23(26)27)10-17-9-15-5-3-4-6-16(15)11-22(17)30(2,28)29/h3-11,13H,12,14H2,1-2H3,(H,28,29);3-9,11-12H,10,13H2,1-2H3,(H,26,27). The lowest BCUT2D eigenvalue weighted by molar-refractivity contribution is -0.138. The Labute approximate surface area is 344 Å². The van der Waals surface area contributed by atoms with Crippen molar-refractivity contribution in [2.45, 2.75) is 51.6 Å². The highest BCUT2D eigenvalue weighted by Gasteiger charge is 2.22. The molecule has 0 fully saturated rings. The van der Waals surface area contributed by atoms with Gasteiger partial charge in [0.25, 0.3) is 0 Å². The van der Waals surface area contributed by atoms with Crippen molar-refractivity contribution in [1.29, 1.82) is 0 Å². The first-order valence-electron chi connectivity index (χ1n) is 19.0. The van der Waals surface area contributed by atoms with E-state index in [9.17, 15) is 37.0 Å². The van der Waals surface area contributed by atoms with E-state index in [0.717, 1.165) is 33.2 Å². The highest BCUT2D eigenvalue weighted by molar-refractivity contribution is 7.90. The Bertz CT molecular complexity index is 3060. The third kappa shape index (κ3) is 8.76. The minimum atomic E-state index is -3.51. The van der Waals surface area contributed by atoms with E-state index in [-0.39, 0.29) is 30.2 Å². The minimum Gasteiger partial charge on any atom is -0.480 e. The molecular formula is C47H41F2N3O7S. The molecule has 0 unspecified atom stereocenters. The number of fused-ring (bicyclic) bond motifs is 3. The fourth-order valence-corrected chi connectivity index (χ4v) is 8.62. The summed E-state index contributed by atoms with van der Waals surface area (Å²) in [6, 6.07) is 31.1. The normalized spacial score (nSPS) is 11.5. The van der Waals surface area contributed by atoms with Crippen LogP contribution in [0.3, 0.4) is 0 Å². The zero-order chi connectivity index (χ0) is 42.9. The van der Waals surface area contributed by atoms with Crippen LogP contribution in [-0.2, 0) is 45.4 Å². The highest BCUT2D eigenvalue weighted by atomic mass is 32.2. The maximum atomic E-state index is 14.0. The number of sulfone groups is 1. The number of carbonyl (C=O) groups is 2. The van der Waals surface area contributed by atoms with Crippen molar-refractivity contribution in [1.82, 2.24) is 14.1 Å². The zero-order valence-electron chi connectivity index (χ0n) is 33.2. The van der Waals surface area contributed by atoms with Crippen molar-refractivity contribution >= 4 is 54.4 Å². The zero-order valence-corrected chi connectivity index (χ0v) is 34.1. The number of hydrogen-bond donors (Lipinski definition) is 2. The van der Waals surface area contributed by atoms with Gasteiger partial charge >= 0.3 is 11.9 Å². The molecule has 5 aromatic carbocycles. The summed E-state index contributed by atoms with van der Waals surface area (Å²) in [7, 11) is -3.51. The first-order chi connectivity index (χ1) is 28.6. The molecule has 8 rings (SSSR count). The maximum Gasteiger partial charge on any atom is 0.323 e. The van der Waals surface area contributed by atoms with Crippen LogP contribution in [0.1, 0.15) is 39.2 Å². The largest absolute Gasteiger partial charge is 0.480 e. The molecule has 0 radical (unpaired) electrons. The molecule has 0 aliphatic carbocycles. The number of aryl methyl sites for hydroxylation is 1. The Morgan fingerprint density at radius 3 is 1.70 bits per heavy atom. The third-order valence-corrected chi connectivity index (χ3v) is 11.7. The quantitative estimate of drug-likeness (QED) is 0.131. The first kappa shape index (κ1) is 41.3. The molecule has 0 bridgehead atoms. The van der Waals surface area contributed by atoms with E-state index in [1.165, 1.54) is 30.5 Å². The van der Waals surface area contributed by atoms with Crippen molar-refractivity contribution < 1.29 is 41.7 Å². The molecule has 8 aromatic rings. The SMILES string of the molecule is Cc1c(Cc2cc3ccccc3cc2S(C)(=O)=O)c2cc(F)ccc2n1CC(=O)O.Cc1ccc(Oc2ncccc2Cc2c(C)n(CC(=O)O)c3ccc(F)cc23)cc1. The number of pyridine rings is 1. The number of halogens is 2. The van der Waals surface area contributed by atoms with Crippen molar-refractivity contribution in [3.8, 4) is 11.6 Å². The molecule has 306 valence electrons. The van der Waals surface area contributed by atoms with Crippen LogP contribution in [0, 0.1) is 32.4 Å². The average Bonchev–Trinajstić information content (AvgIpc) is 3.59. The van der Waals surface area contributed by atoms with E-state index in [1.807, 2.05) is 80.6 Å². The predicted molar refractivity (Wildman–Crippen MR) is 227 cm³/mol. The van der Waals surface area contributed by atoms with Gasteiger partial charge in [-0.2, -0.15) is 0 Å². The van der Waals surface area contributed by atoms with Gasteiger partial charge in [-0.1, -0.05) is 48.0 Å². The van der Waals surface area contributed by atoms with Gasteiger partial charge in [-0.15, -0.1) is 0 Å². The number of carboxylic acid groups (broad SMARTS) is 2. The summed E-state index contributed by atoms with van der Waals surface area (Å²) in [5, 5.41) is 21.6. The summed E-state index contributed by atoms with van der Waals surface area (Å²) in [6.45, 7) is 5.19. The van der Waals surface area contributed by atoms with Crippen molar-refractivity contribution in [3.63, 3.8) is 0 Å². The van der Waals surface area contributed by atoms with E-state index in [1.54, 1.807) is 40.5 Å². The van der Waals surface area contributed by atoms with Crippen molar-refractivity contribution in [3.05, 3.63) is 166 Å². The number of nitrogens with zero attached hydrogens (tertiary/aromatic N) is 3. The van der Waals surface area contributed by atoms with Gasteiger partial charge in [0.15, 0.2) is 9.84 Å². The van der Waals surface area contributed by atoms with Crippen LogP contribution in [0.25, 0.3) is 32.6 Å². The molecule has 0 spiro atoms. The van der Waals surface area contributed by atoms with Crippen LogP contribution in [-0.4, -0.2) is 50.9 Å². The fraction of sp³-hybridized carbons (Fsp3) is 0.170. The van der Waals surface area contributed by atoms with Crippen molar-refractivity contribution in [2.75, 3.05) is 6.26 Å². The van der Waals surface area contributed by atoms with Crippen LogP contribution < -0.4 is 4.74 Å². The summed E-state index contributed by atoms with van der Waals surface area (Å²) in [5.41, 5.74) is 6.88. The summed E-state index contributed by atoms with van der Waals surface area (Å²) < 4.78 is 62.3. The van der Waals surface area contributed by atoms with E-state index >= 15 is 0 Å². The first-order valence-corrected chi connectivity index (χ1v) is 20.8. The molecule has 10 nitrogen and oxygen atoms in total. The summed E-state index contributed by atoms with van der Waals surface area (Å²) >= 11 is 0. The van der Waals surface area contributed by atoms with Gasteiger partial charge in [0.1, 0.15) is 30.5 Å². The van der Waals surface area contributed by atoms with Crippen LogP contribution in [0.15, 0.2) is 120 Å². The van der Waals surface area contributed by atoms with Gasteiger partial charge in [-0.05, 0) is 115 Å². The van der Waals surface area contributed by atoms with Gasteiger partial charge < -0.3 is 24.1 Å². The number of rotatable bonds is 11. The highest BCUT2D eigenvalue weighted by Crippen LogP contribution is 2.34. The number of aliphatic carboxylic acids is 2. The Morgan fingerprint density at radius 2 is 1.18 bits per heavy atom. The second kappa shape index (κ2) is 16.8. The number of benzene rings is 5. The molecule has 0 amide bonds. The molecule has 0 atom stereocenters. The van der Waals surface area contributed by atoms with E-state index < -0.39 is 27.6 Å². The Hall–Kier alpha value is -6.86. The summed E-state index contributed by atoms with van der Waals surface area (Å²) in [5.74, 6) is -1.60. The molecule has 60 heavy (non-hydrogen) atoms. The fourth-order valence-electron chi connectivity index (χ4n) is 7.67. The van der Waals surface area contributed by atoms with Gasteiger partial charge in [-0.3, -0.25) is 9.59 Å². The Morgan fingerprint density at radius 1 is 0.667 bits per heavy atom. The topological polar surface area (TPSA) is 141 Å². The molecule has 0 aliphatic heterocycles. The molecule has 2 N–H and O–H groups in total. The number of hydrogen-bond acceptors (Lipinski definition) is 6. The smallest absolute Gasteiger partial charge is 0.323 e. The number of ether oxygens (including phenoxy) is 1. The van der Waals surface area contributed by atoms with Crippen LogP contribution >= 0.6 is 0 Å². The van der Waals surface area contributed by atoms with Crippen molar-refractivity contribution in [2.24, 2.45) is 0 Å². The molecule has 0 aliphatic rings. The van der Waals surface area contributed by atoms with Gasteiger partial charge in [-0.25, -0.2) is 22.2 Å². The lowest BCUT2D eigenvalue weighted by atomic mass is 9.99. The molecule has 0 saturated carbocycles. The Kier molecular flexibility index (Phi) is 11.6. The third-order valence-electron chi connectivity index (χ3n) is 10.6. The maximum absolute atomic E-state index is 14.0. The number of aromatic nitrogens is 3. The summed E-state index contributed by atoms with van der Waals surface area (Å²) in [6.07, 6.45) is 3.51. The molecule has 3 heterocycles. The monoisotopic (exact) mass is 829 g/mol. The van der Waals surface area contributed by atoms with E-state index in [4.69, 9.17) is 4.74 Å². The van der Waals surface area contributed by atoms with E-state index in [0.29, 0.717) is 56.7 Å². The van der Waals surface area contributed by atoms with Gasteiger partial charge in [0.05, 0.1) is 4.90 Å².